The van der Waals surface area contributed by atoms with Crippen molar-refractivity contribution in [2.24, 2.45) is 5.92 Å². The van der Waals surface area contributed by atoms with Gasteiger partial charge < -0.3 is 5.32 Å². The number of Topliss-reactive ketones (excluding diaryl/α,β-unsaturated/α-hetero) is 1. The van der Waals surface area contributed by atoms with E-state index in [1.165, 1.54) is 6.42 Å². The summed E-state index contributed by atoms with van der Waals surface area (Å²) < 4.78 is 0. The maximum Gasteiger partial charge on any atom is 0.152 e. The fraction of sp³-hybridized carbons (Fsp3) is 0.625. The number of carbonyl (C=O) groups is 1. The van der Waals surface area contributed by atoms with E-state index in [0.717, 1.165) is 11.1 Å². The monoisotopic (exact) mass is 266 g/mol. The Kier molecular flexibility index (Phi) is 9.06. The predicted molar refractivity (Wildman–Crippen MR) is 83.4 cm³/mol. The zero-order valence-corrected chi connectivity index (χ0v) is 13.2. The fourth-order valence-corrected chi connectivity index (χ4v) is 1.71. The SMILES string of the molecule is CCC.CNC(Cc1cncc(C)c1)C(=O)C(C)C.[HH]. The highest BCUT2D eigenvalue weighted by Gasteiger charge is 2.19. The van der Waals surface area contributed by atoms with Crippen molar-refractivity contribution >= 4 is 5.78 Å². The van der Waals surface area contributed by atoms with Gasteiger partial charge in [0.1, 0.15) is 0 Å². The molecule has 110 valence electrons. The summed E-state index contributed by atoms with van der Waals surface area (Å²) in [5.41, 5.74) is 2.23. The molecule has 1 unspecified atom stereocenters. The first kappa shape index (κ1) is 17.8. The summed E-state index contributed by atoms with van der Waals surface area (Å²) in [6.07, 6.45) is 5.61. The molecule has 0 aromatic carbocycles. The van der Waals surface area contributed by atoms with Crippen LogP contribution in [0, 0.1) is 12.8 Å². The third kappa shape index (κ3) is 7.06. The van der Waals surface area contributed by atoms with Crippen LogP contribution in [0.2, 0.25) is 0 Å². The molecule has 19 heavy (non-hydrogen) atoms. The number of ketones is 1. The molecule has 0 aliphatic rings. The van der Waals surface area contributed by atoms with Crippen molar-refractivity contribution in [3.8, 4) is 0 Å². The molecule has 0 saturated heterocycles. The zero-order chi connectivity index (χ0) is 14.8. The maximum absolute atomic E-state index is 11.9. The Hall–Kier alpha value is -1.22. The van der Waals surface area contributed by atoms with E-state index in [2.05, 4.69) is 30.2 Å². The molecule has 1 heterocycles. The number of nitrogens with zero attached hydrogens (tertiary/aromatic N) is 1. The van der Waals surface area contributed by atoms with E-state index in [9.17, 15) is 4.79 Å². The predicted octanol–water partition coefficient (Wildman–Crippen LogP) is 3.41. The molecule has 1 aromatic rings. The summed E-state index contributed by atoms with van der Waals surface area (Å²) >= 11 is 0. The van der Waals surface area contributed by atoms with Gasteiger partial charge in [0, 0.05) is 19.7 Å². The van der Waals surface area contributed by atoms with E-state index < -0.39 is 0 Å². The van der Waals surface area contributed by atoms with Gasteiger partial charge in [-0.3, -0.25) is 9.78 Å². The first-order valence-corrected chi connectivity index (χ1v) is 7.07. The lowest BCUT2D eigenvalue weighted by Crippen LogP contribution is -2.38. The highest BCUT2D eigenvalue weighted by molar-refractivity contribution is 5.85. The van der Waals surface area contributed by atoms with Crippen LogP contribution in [0.5, 0.6) is 0 Å². The lowest BCUT2D eigenvalue weighted by molar-refractivity contribution is -0.123. The molecule has 0 spiro atoms. The summed E-state index contributed by atoms with van der Waals surface area (Å²) in [6.45, 7) is 10.1. The minimum Gasteiger partial charge on any atom is -0.310 e. The van der Waals surface area contributed by atoms with Gasteiger partial charge in [-0.2, -0.15) is 0 Å². The van der Waals surface area contributed by atoms with Crippen LogP contribution < -0.4 is 5.32 Å². The number of pyridine rings is 1. The summed E-state index contributed by atoms with van der Waals surface area (Å²) in [5, 5.41) is 3.07. The van der Waals surface area contributed by atoms with Crippen molar-refractivity contribution in [3.05, 3.63) is 29.6 Å². The number of hydrogen-bond donors (Lipinski definition) is 1. The molecule has 0 fully saturated rings. The van der Waals surface area contributed by atoms with Crippen molar-refractivity contribution in [1.29, 1.82) is 0 Å². The smallest absolute Gasteiger partial charge is 0.152 e. The van der Waals surface area contributed by atoms with Crippen molar-refractivity contribution in [2.75, 3.05) is 7.05 Å². The fourth-order valence-electron chi connectivity index (χ4n) is 1.71. The minimum atomic E-state index is -0.108. The number of aryl methyl sites for hydroxylation is 1. The molecule has 1 rings (SSSR count). The molecule has 0 bridgehead atoms. The van der Waals surface area contributed by atoms with E-state index in [4.69, 9.17) is 0 Å². The second kappa shape index (κ2) is 9.68. The lowest BCUT2D eigenvalue weighted by atomic mass is 9.96. The van der Waals surface area contributed by atoms with E-state index in [1.807, 2.05) is 40.2 Å². The third-order valence-corrected chi connectivity index (χ3v) is 2.63. The van der Waals surface area contributed by atoms with Crippen LogP contribution in [0.3, 0.4) is 0 Å². The second-order valence-electron chi connectivity index (χ2n) is 5.18. The molecule has 1 atom stereocenters. The summed E-state index contributed by atoms with van der Waals surface area (Å²) in [7, 11) is 1.83. The second-order valence-corrected chi connectivity index (χ2v) is 5.18. The number of hydrogen-bond acceptors (Lipinski definition) is 3. The average molecular weight is 266 g/mol. The Bertz CT molecular complexity index is 380. The molecule has 0 aliphatic heterocycles. The molecule has 0 amide bonds. The number of carbonyl (C=O) groups excluding carboxylic acids is 1. The molecule has 3 nitrogen and oxygen atoms in total. The first-order chi connectivity index (χ1) is 8.96. The largest absolute Gasteiger partial charge is 0.310 e. The van der Waals surface area contributed by atoms with Crippen molar-refractivity contribution in [2.45, 2.75) is 53.5 Å². The third-order valence-electron chi connectivity index (χ3n) is 2.63. The van der Waals surface area contributed by atoms with Crippen molar-refractivity contribution < 1.29 is 6.22 Å². The normalized spacial score (nSPS) is 11.7. The van der Waals surface area contributed by atoms with Crippen LogP contribution in [-0.2, 0) is 11.2 Å². The van der Waals surface area contributed by atoms with Crippen LogP contribution in [0.15, 0.2) is 18.5 Å². The number of likely N-dealkylation sites (N-methyl/N-ethyl adjacent to an activating group) is 1. The minimum absolute atomic E-state index is 0. The van der Waals surface area contributed by atoms with Crippen molar-refractivity contribution in [1.82, 2.24) is 10.3 Å². The standard InChI is InChI=1S/C13H20N2O.C3H8.H2/c1-9(2)13(16)12(14-4)6-11-5-10(3)7-15-8-11;1-3-2;/h5,7-9,12,14H,6H2,1-4H3;3H2,1-2H3;1H. The molecule has 0 radical (unpaired) electrons. The molecule has 1 N–H and O–H groups in total. The van der Waals surface area contributed by atoms with Gasteiger partial charge in [-0.25, -0.2) is 0 Å². The summed E-state index contributed by atoms with van der Waals surface area (Å²) in [5.74, 6) is 0.319. The van der Waals surface area contributed by atoms with Crippen LogP contribution in [-0.4, -0.2) is 23.9 Å². The van der Waals surface area contributed by atoms with E-state index in [0.29, 0.717) is 6.42 Å². The van der Waals surface area contributed by atoms with Gasteiger partial charge in [-0.05, 0) is 31.5 Å². The Morgan fingerprint density at radius 1 is 1.37 bits per heavy atom. The van der Waals surface area contributed by atoms with Crippen molar-refractivity contribution in [3.63, 3.8) is 0 Å². The topological polar surface area (TPSA) is 42.0 Å². The molecule has 0 aliphatic carbocycles. The first-order valence-electron chi connectivity index (χ1n) is 7.07. The highest BCUT2D eigenvalue weighted by atomic mass is 16.1. The summed E-state index contributed by atoms with van der Waals surface area (Å²) in [6, 6.07) is 1.97. The maximum atomic E-state index is 11.9. The molecule has 0 saturated carbocycles. The van der Waals surface area contributed by atoms with E-state index >= 15 is 0 Å². The quantitative estimate of drug-likeness (QED) is 0.888. The highest BCUT2D eigenvalue weighted by Crippen LogP contribution is 2.08. The van der Waals surface area contributed by atoms with Gasteiger partial charge in [0.25, 0.3) is 0 Å². The van der Waals surface area contributed by atoms with E-state index in [-0.39, 0.29) is 19.2 Å². The van der Waals surface area contributed by atoms with Gasteiger partial charge in [0.15, 0.2) is 5.78 Å². The van der Waals surface area contributed by atoms with Crippen LogP contribution >= 0.6 is 0 Å². The van der Waals surface area contributed by atoms with Crippen LogP contribution in [0.25, 0.3) is 0 Å². The van der Waals surface area contributed by atoms with Gasteiger partial charge in [0.2, 0.25) is 0 Å². The lowest BCUT2D eigenvalue weighted by Gasteiger charge is -2.17. The molecular formula is C16H30N2O. The molecule has 1 aromatic heterocycles. The van der Waals surface area contributed by atoms with Gasteiger partial charge >= 0.3 is 0 Å². The summed E-state index contributed by atoms with van der Waals surface area (Å²) in [4.78, 5) is 16.0. The number of nitrogens with one attached hydrogen (secondary N) is 1. The number of rotatable bonds is 5. The van der Waals surface area contributed by atoms with Crippen LogP contribution in [0.4, 0.5) is 0 Å². The van der Waals surface area contributed by atoms with Gasteiger partial charge in [-0.1, -0.05) is 40.2 Å². The number of aromatic nitrogens is 1. The van der Waals surface area contributed by atoms with E-state index in [1.54, 1.807) is 0 Å². The molecular weight excluding hydrogens is 236 g/mol. The van der Waals surface area contributed by atoms with Gasteiger partial charge in [0.05, 0.1) is 6.04 Å². The Morgan fingerprint density at radius 3 is 2.37 bits per heavy atom. The zero-order valence-electron chi connectivity index (χ0n) is 13.2. The average Bonchev–Trinajstić information content (AvgIpc) is 2.36. The Labute approximate surface area is 119 Å². The van der Waals surface area contributed by atoms with Crippen LogP contribution in [0.1, 0.15) is 46.7 Å². The Balaban J connectivity index is 0. The van der Waals surface area contributed by atoms with Gasteiger partial charge in [-0.15, -0.1) is 0 Å². The Morgan fingerprint density at radius 2 is 1.95 bits per heavy atom. The molecule has 3 heteroatoms.